The molecule has 28 heavy (non-hydrogen) atoms. The molecule has 1 saturated carbocycles. The van der Waals surface area contributed by atoms with Gasteiger partial charge in [-0.15, -0.1) is 0 Å². The normalized spacial score (nSPS) is 30.4. The molecule has 0 bridgehead atoms. The first kappa shape index (κ1) is 21.6. The molecule has 0 N–H and O–H groups in total. The highest BCUT2D eigenvalue weighted by Crippen LogP contribution is 2.50. The molecule has 0 spiro atoms. The highest BCUT2D eigenvalue weighted by molar-refractivity contribution is 5.31. The Balaban J connectivity index is 1.68. The highest BCUT2D eigenvalue weighted by Gasteiger charge is 2.49. The summed E-state index contributed by atoms with van der Waals surface area (Å²) in [6.45, 7) is 4.54. The van der Waals surface area contributed by atoms with E-state index in [2.05, 4.69) is 6.92 Å². The van der Waals surface area contributed by atoms with E-state index in [0.717, 1.165) is 25.7 Å². The van der Waals surface area contributed by atoms with Crippen LogP contribution in [0.5, 0.6) is 0 Å². The molecule has 2 fully saturated rings. The summed E-state index contributed by atoms with van der Waals surface area (Å²) in [7, 11) is 0. The number of aryl methyl sites for hydroxylation is 1. The van der Waals surface area contributed by atoms with Crippen LogP contribution in [0.25, 0.3) is 0 Å². The third-order valence-corrected chi connectivity index (χ3v) is 6.64. The van der Waals surface area contributed by atoms with Crippen molar-refractivity contribution >= 4 is 0 Å². The van der Waals surface area contributed by atoms with Gasteiger partial charge in [-0.1, -0.05) is 38.8 Å². The van der Waals surface area contributed by atoms with Gasteiger partial charge in [-0.05, 0) is 61.5 Å². The van der Waals surface area contributed by atoms with E-state index < -0.39 is 23.5 Å². The summed E-state index contributed by atoms with van der Waals surface area (Å²) in [6.07, 6.45) is 5.84. The maximum absolute atomic E-state index is 15.0. The second-order valence-corrected chi connectivity index (χ2v) is 8.63. The van der Waals surface area contributed by atoms with Gasteiger partial charge in [0.05, 0.1) is 18.6 Å². The summed E-state index contributed by atoms with van der Waals surface area (Å²) in [5.74, 6) is -6.28. The number of ether oxygens (including phenoxy) is 1. The van der Waals surface area contributed by atoms with Crippen LogP contribution < -0.4 is 0 Å². The van der Waals surface area contributed by atoms with Gasteiger partial charge in [0, 0.05) is 6.42 Å². The minimum Gasteiger partial charge on any atom is -0.378 e. The van der Waals surface area contributed by atoms with Crippen LogP contribution in [-0.2, 0) is 11.2 Å². The van der Waals surface area contributed by atoms with E-state index in [4.69, 9.17) is 4.74 Å². The molecule has 0 amide bonds. The average molecular weight is 401 g/mol. The van der Waals surface area contributed by atoms with Gasteiger partial charge in [-0.3, -0.25) is 0 Å². The molecule has 1 aromatic rings. The second-order valence-electron chi connectivity index (χ2n) is 8.63. The third-order valence-electron chi connectivity index (χ3n) is 6.64. The van der Waals surface area contributed by atoms with Crippen molar-refractivity contribution in [2.45, 2.75) is 89.6 Å². The maximum Gasteiger partial charge on any atom is 0.255 e. The van der Waals surface area contributed by atoms with Crippen molar-refractivity contribution in [2.24, 2.45) is 11.8 Å². The molecule has 158 valence electrons. The van der Waals surface area contributed by atoms with Gasteiger partial charge in [0.15, 0.2) is 11.6 Å². The molecule has 1 aliphatic carbocycles. The molecule has 4 atom stereocenters. The zero-order chi connectivity index (χ0) is 20.3. The number of halogens is 4. The van der Waals surface area contributed by atoms with Gasteiger partial charge in [-0.2, -0.15) is 0 Å². The van der Waals surface area contributed by atoms with Crippen molar-refractivity contribution in [3.8, 4) is 0 Å². The third kappa shape index (κ3) is 4.55. The minimum absolute atomic E-state index is 0.110. The predicted molar refractivity (Wildman–Crippen MR) is 103 cm³/mol. The molecule has 2 aliphatic rings. The van der Waals surface area contributed by atoms with E-state index >= 15 is 0 Å². The Morgan fingerprint density at radius 1 is 0.964 bits per heavy atom. The monoisotopic (exact) mass is 400 g/mol. The van der Waals surface area contributed by atoms with Crippen molar-refractivity contribution in [2.75, 3.05) is 6.61 Å². The van der Waals surface area contributed by atoms with E-state index in [9.17, 15) is 17.6 Å². The van der Waals surface area contributed by atoms with Crippen molar-refractivity contribution in [1.82, 2.24) is 0 Å². The fourth-order valence-corrected chi connectivity index (χ4v) is 5.05. The Hall–Kier alpha value is -1.10. The first-order valence-electron chi connectivity index (χ1n) is 10.8. The highest BCUT2D eigenvalue weighted by atomic mass is 19.3. The number of hydrogen-bond acceptors (Lipinski definition) is 1. The van der Waals surface area contributed by atoms with Crippen molar-refractivity contribution in [3.63, 3.8) is 0 Å². The van der Waals surface area contributed by atoms with Crippen molar-refractivity contribution in [3.05, 3.63) is 34.9 Å². The Morgan fingerprint density at radius 3 is 2.32 bits per heavy atom. The van der Waals surface area contributed by atoms with E-state index in [-0.39, 0.29) is 41.9 Å². The van der Waals surface area contributed by atoms with Crippen LogP contribution in [0.15, 0.2) is 12.1 Å². The Morgan fingerprint density at radius 2 is 1.71 bits per heavy atom. The van der Waals surface area contributed by atoms with Crippen LogP contribution in [0.3, 0.4) is 0 Å². The molecule has 1 saturated heterocycles. The van der Waals surface area contributed by atoms with E-state index in [1.807, 2.05) is 6.92 Å². The molecule has 0 aromatic heterocycles. The number of alkyl halides is 2. The number of benzene rings is 1. The zero-order valence-corrected chi connectivity index (χ0v) is 17.0. The molecule has 1 aromatic carbocycles. The summed E-state index contributed by atoms with van der Waals surface area (Å²) in [4.78, 5) is 0. The second kappa shape index (κ2) is 9.15. The fraction of sp³-hybridized carbons (Fsp3) is 0.739. The van der Waals surface area contributed by atoms with Crippen LogP contribution in [0, 0.1) is 23.5 Å². The molecule has 5 heteroatoms. The lowest BCUT2D eigenvalue weighted by Gasteiger charge is -2.41. The topological polar surface area (TPSA) is 9.23 Å². The van der Waals surface area contributed by atoms with E-state index in [0.29, 0.717) is 25.9 Å². The Kier molecular flexibility index (Phi) is 7.06. The lowest BCUT2D eigenvalue weighted by molar-refractivity contribution is -0.103. The van der Waals surface area contributed by atoms with E-state index in [1.54, 1.807) is 0 Å². The van der Waals surface area contributed by atoms with Gasteiger partial charge in [0.1, 0.15) is 0 Å². The standard InChI is InChI=1S/C23H32F4O/c1-3-5-15-8-11-19(22(25)21(15)24)20-12-9-16(13-23(20,26)27)17-7-10-18(6-4-2)28-14-17/h8,11,16-18,20H,3-7,9-10,12-14H2,1-2H3. The van der Waals surface area contributed by atoms with Gasteiger partial charge in [-0.25, -0.2) is 17.6 Å². The van der Waals surface area contributed by atoms with Gasteiger partial charge in [0.2, 0.25) is 0 Å². The summed E-state index contributed by atoms with van der Waals surface area (Å²) in [5.41, 5.74) is 0.102. The molecule has 1 nitrogen and oxygen atoms in total. The number of hydrogen-bond donors (Lipinski definition) is 0. The van der Waals surface area contributed by atoms with Crippen LogP contribution in [0.4, 0.5) is 17.6 Å². The van der Waals surface area contributed by atoms with Gasteiger partial charge >= 0.3 is 0 Å². The quantitative estimate of drug-likeness (QED) is 0.466. The lowest BCUT2D eigenvalue weighted by atomic mass is 9.70. The van der Waals surface area contributed by atoms with Gasteiger partial charge in [0.25, 0.3) is 5.92 Å². The van der Waals surface area contributed by atoms with Crippen LogP contribution in [-0.4, -0.2) is 18.6 Å². The zero-order valence-electron chi connectivity index (χ0n) is 17.0. The first-order valence-corrected chi connectivity index (χ1v) is 10.8. The fourth-order valence-electron chi connectivity index (χ4n) is 5.05. The summed E-state index contributed by atoms with van der Waals surface area (Å²) in [5, 5.41) is 0. The summed E-state index contributed by atoms with van der Waals surface area (Å²) < 4.78 is 64.7. The van der Waals surface area contributed by atoms with Crippen LogP contribution >= 0.6 is 0 Å². The molecule has 4 unspecified atom stereocenters. The van der Waals surface area contributed by atoms with Crippen molar-refractivity contribution in [1.29, 1.82) is 0 Å². The molecule has 0 radical (unpaired) electrons. The summed E-state index contributed by atoms with van der Waals surface area (Å²) in [6, 6.07) is 2.85. The molecular weight excluding hydrogens is 368 g/mol. The van der Waals surface area contributed by atoms with Crippen LogP contribution in [0.2, 0.25) is 0 Å². The largest absolute Gasteiger partial charge is 0.378 e. The lowest BCUT2D eigenvalue weighted by Crippen LogP contribution is -2.40. The van der Waals surface area contributed by atoms with Gasteiger partial charge < -0.3 is 4.74 Å². The first-order chi connectivity index (χ1) is 13.4. The van der Waals surface area contributed by atoms with Crippen LogP contribution in [0.1, 0.15) is 82.3 Å². The molecule has 1 heterocycles. The molecular formula is C23H32F4O. The van der Waals surface area contributed by atoms with E-state index in [1.165, 1.54) is 12.1 Å². The smallest absolute Gasteiger partial charge is 0.255 e. The number of rotatable bonds is 6. The maximum atomic E-state index is 15.0. The average Bonchev–Trinajstić information content (AvgIpc) is 2.67. The predicted octanol–water partition coefficient (Wildman–Crippen LogP) is 7.03. The Labute approximate surface area is 165 Å². The van der Waals surface area contributed by atoms with Crippen molar-refractivity contribution < 1.29 is 22.3 Å². The molecule has 1 aliphatic heterocycles. The molecule has 3 rings (SSSR count). The summed E-state index contributed by atoms with van der Waals surface area (Å²) >= 11 is 0. The SMILES string of the molecule is CCCc1ccc(C2CCC(C3CCC(CCC)OC3)CC2(F)F)c(F)c1F. The minimum atomic E-state index is -3.03. The Bertz CT molecular complexity index is 652.